The molecule has 0 bridgehead atoms. The van der Waals surface area contributed by atoms with Crippen molar-refractivity contribution in [3.8, 4) is 0 Å². The standard InChI is InChI=1S/C20H17FN2O/c21-15-8-6-14(7-9-15)13-23(16-10-11-16)20(24)18-3-1-5-19-17(18)4-2-12-22-19/h1-9,12,16H,10-11,13H2. The molecule has 24 heavy (non-hydrogen) atoms. The fraction of sp³-hybridized carbons (Fsp3) is 0.200. The highest BCUT2D eigenvalue weighted by Crippen LogP contribution is 2.31. The number of carbonyl (C=O) groups is 1. The molecule has 0 radical (unpaired) electrons. The first-order valence-corrected chi connectivity index (χ1v) is 8.11. The number of halogens is 1. The molecule has 1 fully saturated rings. The number of fused-ring (bicyclic) bond motifs is 1. The van der Waals surface area contributed by atoms with Gasteiger partial charge in [0.05, 0.1) is 5.52 Å². The Labute approximate surface area is 139 Å². The Hall–Kier alpha value is -2.75. The first-order valence-electron chi connectivity index (χ1n) is 8.11. The van der Waals surface area contributed by atoms with Crippen LogP contribution in [0.3, 0.4) is 0 Å². The van der Waals surface area contributed by atoms with Crippen LogP contribution in [0.25, 0.3) is 10.9 Å². The van der Waals surface area contributed by atoms with Crippen molar-refractivity contribution in [3.05, 3.63) is 77.7 Å². The molecule has 1 aliphatic rings. The second-order valence-electron chi connectivity index (χ2n) is 6.17. The van der Waals surface area contributed by atoms with Gasteiger partial charge in [-0.25, -0.2) is 4.39 Å². The van der Waals surface area contributed by atoms with Gasteiger partial charge in [0.2, 0.25) is 0 Å². The van der Waals surface area contributed by atoms with Gasteiger partial charge in [-0.3, -0.25) is 9.78 Å². The summed E-state index contributed by atoms with van der Waals surface area (Å²) in [4.78, 5) is 19.4. The summed E-state index contributed by atoms with van der Waals surface area (Å²) in [6.07, 6.45) is 3.78. The minimum Gasteiger partial charge on any atom is -0.331 e. The van der Waals surface area contributed by atoms with E-state index in [1.54, 1.807) is 18.3 Å². The van der Waals surface area contributed by atoms with Gasteiger partial charge < -0.3 is 4.90 Å². The van der Waals surface area contributed by atoms with Crippen LogP contribution in [0.5, 0.6) is 0 Å². The van der Waals surface area contributed by atoms with E-state index in [0.29, 0.717) is 12.1 Å². The number of pyridine rings is 1. The van der Waals surface area contributed by atoms with Gasteiger partial charge in [-0.2, -0.15) is 0 Å². The van der Waals surface area contributed by atoms with Gasteiger partial charge in [0, 0.05) is 29.7 Å². The average molecular weight is 320 g/mol. The van der Waals surface area contributed by atoms with Gasteiger partial charge in [0.1, 0.15) is 5.82 Å². The van der Waals surface area contributed by atoms with Crippen molar-refractivity contribution in [2.24, 2.45) is 0 Å². The Morgan fingerprint density at radius 1 is 1.08 bits per heavy atom. The third-order valence-corrected chi connectivity index (χ3v) is 4.39. The summed E-state index contributed by atoms with van der Waals surface area (Å²) in [6.45, 7) is 0.500. The molecule has 1 saturated carbocycles. The highest BCUT2D eigenvalue weighted by molar-refractivity contribution is 6.06. The lowest BCUT2D eigenvalue weighted by Gasteiger charge is -2.23. The molecule has 1 aliphatic carbocycles. The molecule has 0 aliphatic heterocycles. The van der Waals surface area contributed by atoms with Crippen molar-refractivity contribution < 1.29 is 9.18 Å². The molecule has 1 amide bonds. The minimum absolute atomic E-state index is 0.0143. The summed E-state index contributed by atoms with van der Waals surface area (Å²) in [6, 6.07) is 16.0. The molecule has 1 heterocycles. The molecule has 0 spiro atoms. The fourth-order valence-electron chi connectivity index (χ4n) is 2.98. The zero-order chi connectivity index (χ0) is 16.5. The third-order valence-electron chi connectivity index (χ3n) is 4.39. The molecule has 2 aromatic carbocycles. The van der Waals surface area contributed by atoms with Crippen LogP contribution < -0.4 is 0 Å². The molecule has 4 rings (SSSR count). The number of amides is 1. The van der Waals surface area contributed by atoms with Gasteiger partial charge >= 0.3 is 0 Å². The SMILES string of the molecule is O=C(c1cccc2ncccc12)N(Cc1ccc(F)cc1)C1CC1. The molecule has 4 heteroatoms. The number of nitrogens with zero attached hydrogens (tertiary/aromatic N) is 2. The quantitative estimate of drug-likeness (QED) is 0.722. The first kappa shape index (κ1) is 14.8. The van der Waals surface area contributed by atoms with Crippen molar-refractivity contribution >= 4 is 16.8 Å². The summed E-state index contributed by atoms with van der Waals surface area (Å²) >= 11 is 0. The largest absolute Gasteiger partial charge is 0.331 e. The first-order chi connectivity index (χ1) is 11.7. The molecule has 3 aromatic rings. The Kier molecular flexibility index (Phi) is 3.73. The second-order valence-corrected chi connectivity index (χ2v) is 6.17. The molecule has 0 atom stereocenters. The third kappa shape index (κ3) is 2.87. The second kappa shape index (κ2) is 6.04. The predicted molar refractivity (Wildman–Crippen MR) is 91.0 cm³/mol. The van der Waals surface area contributed by atoms with Gasteiger partial charge in [0.25, 0.3) is 5.91 Å². The van der Waals surface area contributed by atoms with E-state index in [1.807, 2.05) is 35.2 Å². The molecule has 0 N–H and O–H groups in total. The van der Waals surface area contributed by atoms with E-state index in [1.165, 1.54) is 12.1 Å². The smallest absolute Gasteiger partial charge is 0.255 e. The van der Waals surface area contributed by atoms with Gasteiger partial charge in [-0.1, -0.05) is 24.3 Å². The van der Waals surface area contributed by atoms with E-state index >= 15 is 0 Å². The van der Waals surface area contributed by atoms with E-state index < -0.39 is 0 Å². The Balaban J connectivity index is 1.68. The lowest BCUT2D eigenvalue weighted by atomic mass is 10.1. The predicted octanol–water partition coefficient (Wildman–Crippen LogP) is 4.18. The van der Waals surface area contributed by atoms with Crippen LogP contribution in [0.2, 0.25) is 0 Å². The van der Waals surface area contributed by atoms with Crippen molar-refractivity contribution in [2.45, 2.75) is 25.4 Å². The van der Waals surface area contributed by atoms with Gasteiger partial charge in [-0.15, -0.1) is 0 Å². The van der Waals surface area contributed by atoms with Crippen LogP contribution in [-0.2, 0) is 6.54 Å². The number of rotatable bonds is 4. The maximum absolute atomic E-state index is 13.1. The molecule has 1 aromatic heterocycles. The van der Waals surface area contributed by atoms with Crippen LogP contribution >= 0.6 is 0 Å². The molecular formula is C20H17FN2O. The average Bonchev–Trinajstić information content (AvgIpc) is 3.45. The number of hydrogen-bond donors (Lipinski definition) is 0. The summed E-state index contributed by atoms with van der Waals surface area (Å²) in [5.41, 5.74) is 2.44. The summed E-state index contributed by atoms with van der Waals surface area (Å²) in [5.74, 6) is -0.247. The van der Waals surface area contributed by atoms with E-state index in [0.717, 1.165) is 29.3 Å². The number of benzene rings is 2. The van der Waals surface area contributed by atoms with E-state index in [2.05, 4.69) is 4.98 Å². The van der Waals surface area contributed by atoms with Gasteiger partial charge in [0.15, 0.2) is 0 Å². The normalized spacial score (nSPS) is 13.9. The van der Waals surface area contributed by atoms with Crippen LogP contribution in [0.1, 0.15) is 28.8 Å². The lowest BCUT2D eigenvalue weighted by molar-refractivity contribution is 0.0732. The fourth-order valence-corrected chi connectivity index (χ4v) is 2.98. The van der Waals surface area contributed by atoms with Crippen LogP contribution in [0, 0.1) is 5.82 Å². The lowest BCUT2D eigenvalue weighted by Crippen LogP contribution is -2.32. The van der Waals surface area contributed by atoms with Gasteiger partial charge in [-0.05, 0) is 48.7 Å². The van der Waals surface area contributed by atoms with Crippen molar-refractivity contribution in [2.75, 3.05) is 0 Å². The van der Waals surface area contributed by atoms with Crippen LogP contribution in [0.15, 0.2) is 60.8 Å². The monoisotopic (exact) mass is 320 g/mol. The Bertz CT molecular complexity index is 882. The van der Waals surface area contributed by atoms with Crippen molar-refractivity contribution in [3.63, 3.8) is 0 Å². The maximum atomic E-state index is 13.1. The Morgan fingerprint density at radius 3 is 2.62 bits per heavy atom. The number of hydrogen-bond acceptors (Lipinski definition) is 2. The van der Waals surface area contributed by atoms with Crippen molar-refractivity contribution in [1.82, 2.24) is 9.88 Å². The summed E-state index contributed by atoms with van der Waals surface area (Å²) in [7, 11) is 0. The highest BCUT2D eigenvalue weighted by atomic mass is 19.1. The van der Waals surface area contributed by atoms with E-state index in [-0.39, 0.29) is 17.8 Å². The van der Waals surface area contributed by atoms with Crippen LogP contribution in [0.4, 0.5) is 4.39 Å². The number of aromatic nitrogens is 1. The topological polar surface area (TPSA) is 33.2 Å². The zero-order valence-electron chi connectivity index (χ0n) is 13.2. The summed E-state index contributed by atoms with van der Waals surface area (Å²) < 4.78 is 13.1. The molecule has 0 saturated heterocycles. The minimum atomic E-state index is -0.261. The highest BCUT2D eigenvalue weighted by Gasteiger charge is 2.33. The molecular weight excluding hydrogens is 303 g/mol. The van der Waals surface area contributed by atoms with E-state index in [9.17, 15) is 9.18 Å². The zero-order valence-corrected chi connectivity index (χ0v) is 13.2. The molecule has 3 nitrogen and oxygen atoms in total. The molecule has 120 valence electrons. The van der Waals surface area contributed by atoms with Crippen LogP contribution in [-0.4, -0.2) is 21.8 Å². The Morgan fingerprint density at radius 2 is 1.88 bits per heavy atom. The maximum Gasteiger partial charge on any atom is 0.255 e. The van der Waals surface area contributed by atoms with E-state index in [4.69, 9.17) is 0 Å². The number of carbonyl (C=O) groups excluding carboxylic acids is 1. The summed E-state index contributed by atoms with van der Waals surface area (Å²) in [5, 5.41) is 0.870. The van der Waals surface area contributed by atoms with Crippen molar-refractivity contribution in [1.29, 1.82) is 0 Å². The molecule has 0 unspecified atom stereocenters.